The van der Waals surface area contributed by atoms with E-state index in [4.69, 9.17) is 4.74 Å². The molecule has 0 atom stereocenters. The number of thiazole rings is 2. The van der Waals surface area contributed by atoms with Gasteiger partial charge in [-0.25, -0.2) is 9.97 Å². The highest BCUT2D eigenvalue weighted by Gasteiger charge is 2.04. The normalized spacial score (nSPS) is 10.9. The van der Waals surface area contributed by atoms with Crippen molar-refractivity contribution in [3.63, 3.8) is 0 Å². The Morgan fingerprint density at radius 2 is 1.32 bits per heavy atom. The Balaban J connectivity index is 0.000000180. The summed E-state index contributed by atoms with van der Waals surface area (Å²) in [4.78, 5) is 10.4. The number of methoxy groups -OCH3 is 1. The molecule has 5 aromatic rings. The van der Waals surface area contributed by atoms with E-state index >= 15 is 0 Å². The Kier molecular flexibility index (Phi) is 11.0. The molecule has 11 heteroatoms. The van der Waals surface area contributed by atoms with Crippen LogP contribution in [0.2, 0.25) is 0 Å². The Bertz CT molecular complexity index is 1240. The smallest absolute Gasteiger partial charge is 0.118 e. The van der Waals surface area contributed by atoms with Crippen LogP contribution in [-0.4, -0.2) is 17.1 Å². The van der Waals surface area contributed by atoms with Crippen LogP contribution in [-0.2, 0) is 11.5 Å². The van der Waals surface area contributed by atoms with E-state index in [-0.39, 0.29) is 0 Å². The van der Waals surface area contributed by atoms with E-state index in [1.807, 2.05) is 47.2 Å². The predicted octanol–water partition coefficient (Wildman–Crippen LogP) is 9.92. The maximum Gasteiger partial charge on any atom is 0.118 e. The summed E-state index contributed by atoms with van der Waals surface area (Å²) in [6, 6.07) is 24.6. The Morgan fingerprint density at radius 3 is 1.85 bits per heavy atom. The fourth-order valence-corrected chi connectivity index (χ4v) is 10.1. The fraction of sp³-hybridized carbons (Fsp3) is 0.130. The molecule has 2 aromatic heterocycles. The molecule has 0 aliphatic heterocycles. The third-order valence-electron chi connectivity index (χ3n) is 4.33. The van der Waals surface area contributed by atoms with Gasteiger partial charge in [0.2, 0.25) is 0 Å². The molecule has 176 valence electrons. The van der Waals surface area contributed by atoms with Crippen LogP contribution >= 0.6 is 86.4 Å². The number of nitrogens with zero attached hydrogens (tertiary/aromatic N) is 2. The molecule has 0 unspecified atom stereocenters. The quantitative estimate of drug-likeness (QED) is 0.102. The van der Waals surface area contributed by atoms with Crippen LogP contribution < -0.4 is 4.74 Å². The van der Waals surface area contributed by atoms with E-state index in [0.717, 1.165) is 28.3 Å². The van der Waals surface area contributed by atoms with Gasteiger partial charge >= 0.3 is 0 Å². The molecule has 0 amide bonds. The van der Waals surface area contributed by atoms with Gasteiger partial charge in [0.05, 0.1) is 39.0 Å². The molecule has 0 radical (unpaired) electrons. The molecule has 2 heterocycles. The zero-order chi connectivity index (χ0) is 23.6. The van der Waals surface area contributed by atoms with Crippen molar-refractivity contribution < 1.29 is 4.74 Å². The van der Waals surface area contributed by atoms with Crippen LogP contribution in [0.5, 0.6) is 5.75 Å². The summed E-state index contributed by atoms with van der Waals surface area (Å²) < 4.78 is 7.68. The number of hydrogen-bond donors (Lipinski definition) is 1. The molecule has 0 spiro atoms. The SMILES string of the molecule is COc1ccc(SSSCc2nc3ccccc3s2)cc1.SSSCc1nc2ccccc2s1. The largest absolute Gasteiger partial charge is 0.497 e. The summed E-state index contributed by atoms with van der Waals surface area (Å²) in [5.41, 5.74) is 2.21. The van der Waals surface area contributed by atoms with Gasteiger partial charge in [0.1, 0.15) is 15.8 Å². The molecule has 0 aliphatic carbocycles. The standard InChI is InChI=1S/C15H13NOS4.C8H7NS4/c1-17-11-6-8-12(9-7-11)20-21-18-10-15-16-13-4-2-3-5-14(13)19-15;10-13-11-5-8-9-6-3-1-2-4-7(6)12-8/h2-9H,10H2,1H3;1-4,10H,5H2. The van der Waals surface area contributed by atoms with Crippen LogP contribution in [0, 0.1) is 0 Å². The summed E-state index contributed by atoms with van der Waals surface area (Å²) in [5.74, 6) is 2.77. The van der Waals surface area contributed by atoms with Crippen LogP contribution in [0.1, 0.15) is 10.0 Å². The monoisotopic (exact) mass is 596 g/mol. The highest BCUT2D eigenvalue weighted by Crippen LogP contribution is 2.42. The van der Waals surface area contributed by atoms with E-state index < -0.39 is 0 Å². The Hall–Kier alpha value is -0.660. The lowest BCUT2D eigenvalue weighted by Gasteiger charge is -2.01. The van der Waals surface area contributed by atoms with Crippen molar-refractivity contribution in [2.75, 3.05) is 7.11 Å². The van der Waals surface area contributed by atoms with Crippen molar-refractivity contribution in [3.8, 4) is 5.75 Å². The lowest BCUT2D eigenvalue weighted by molar-refractivity contribution is 0.414. The van der Waals surface area contributed by atoms with Crippen LogP contribution in [0.25, 0.3) is 20.4 Å². The van der Waals surface area contributed by atoms with Gasteiger partial charge in [0, 0.05) is 4.90 Å². The molecule has 0 aliphatic rings. The molecular weight excluding hydrogens is 577 g/mol. The Morgan fingerprint density at radius 1 is 0.765 bits per heavy atom. The highest BCUT2D eigenvalue weighted by molar-refractivity contribution is 9.09. The lowest BCUT2D eigenvalue weighted by Crippen LogP contribution is -1.80. The number of fused-ring (bicyclic) bond motifs is 2. The number of benzene rings is 3. The van der Waals surface area contributed by atoms with Gasteiger partial charge < -0.3 is 4.74 Å². The number of para-hydroxylation sites is 2. The van der Waals surface area contributed by atoms with E-state index in [1.54, 1.807) is 61.2 Å². The maximum absolute atomic E-state index is 5.15. The summed E-state index contributed by atoms with van der Waals surface area (Å²) in [6.45, 7) is 0. The summed E-state index contributed by atoms with van der Waals surface area (Å²) in [7, 11) is 10.2. The molecule has 0 N–H and O–H groups in total. The lowest BCUT2D eigenvalue weighted by atomic mass is 10.3. The topological polar surface area (TPSA) is 35.0 Å². The number of hydrogen-bond acceptors (Lipinski definition) is 11. The van der Waals surface area contributed by atoms with E-state index in [9.17, 15) is 0 Å². The summed E-state index contributed by atoms with van der Waals surface area (Å²) in [6.07, 6.45) is 0. The van der Waals surface area contributed by atoms with Crippen LogP contribution in [0.3, 0.4) is 0 Å². The van der Waals surface area contributed by atoms with Gasteiger partial charge in [-0.2, -0.15) is 0 Å². The van der Waals surface area contributed by atoms with Crippen molar-refractivity contribution in [1.29, 1.82) is 0 Å². The van der Waals surface area contributed by atoms with Crippen molar-refractivity contribution in [1.82, 2.24) is 9.97 Å². The van der Waals surface area contributed by atoms with Gasteiger partial charge in [0.25, 0.3) is 0 Å². The second kappa shape index (κ2) is 14.2. The van der Waals surface area contributed by atoms with Crippen molar-refractivity contribution in [3.05, 3.63) is 82.8 Å². The van der Waals surface area contributed by atoms with Crippen LogP contribution in [0.4, 0.5) is 0 Å². The molecule has 3 nitrogen and oxygen atoms in total. The first-order valence-electron chi connectivity index (χ1n) is 9.97. The number of rotatable bonds is 9. The van der Waals surface area contributed by atoms with Crippen LogP contribution in [0.15, 0.2) is 77.7 Å². The Labute approximate surface area is 231 Å². The zero-order valence-electron chi connectivity index (χ0n) is 18.0. The minimum Gasteiger partial charge on any atom is -0.497 e. The minimum absolute atomic E-state index is 0.895. The third-order valence-corrected chi connectivity index (χ3v) is 12.8. The van der Waals surface area contributed by atoms with Crippen molar-refractivity contribution in [2.24, 2.45) is 0 Å². The summed E-state index contributed by atoms with van der Waals surface area (Å²) in [5, 5.41) is 2.36. The first-order valence-corrected chi connectivity index (χ1v) is 18.6. The number of ether oxygens (including phenoxy) is 1. The first kappa shape index (κ1) is 26.4. The molecule has 34 heavy (non-hydrogen) atoms. The molecule has 0 saturated heterocycles. The molecule has 0 fully saturated rings. The minimum atomic E-state index is 0.895. The fourth-order valence-electron chi connectivity index (χ4n) is 2.81. The van der Waals surface area contributed by atoms with Gasteiger partial charge in [-0.15, -0.1) is 22.7 Å². The van der Waals surface area contributed by atoms with Gasteiger partial charge in [0.15, 0.2) is 0 Å². The second-order valence-electron chi connectivity index (χ2n) is 6.58. The third kappa shape index (κ3) is 7.92. The molecular formula is C23H20N2OS8. The molecule has 0 bridgehead atoms. The maximum atomic E-state index is 5.15. The molecule has 5 rings (SSSR count). The zero-order valence-corrected chi connectivity index (χ0v) is 24.6. The second-order valence-corrected chi connectivity index (χ2v) is 16.1. The summed E-state index contributed by atoms with van der Waals surface area (Å²) >= 11 is 7.61. The molecule has 3 aromatic carbocycles. The average Bonchev–Trinajstić information content (AvgIpc) is 3.49. The van der Waals surface area contributed by atoms with Gasteiger partial charge in [-0.05, 0) is 79.0 Å². The highest BCUT2D eigenvalue weighted by atomic mass is 33.5. The van der Waals surface area contributed by atoms with E-state index in [1.165, 1.54) is 34.1 Å². The number of thiol groups is 1. The van der Waals surface area contributed by atoms with Gasteiger partial charge in [-0.1, -0.05) is 57.5 Å². The van der Waals surface area contributed by atoms with Gasteiger partial charge in [-0.3, -0.25) is 0 Å². The first-order chi connectivity index (χ1) is 16.7. The number of aromatic nitrogens is 2. The van der Waals surface area contributed by atoms with E-state index in [2.05, 4.69) is 58.0 Å². The predicted molar refractivity (Wildman–Crippen MR) is 165 cm³/mol. The average molecular weight is 597 g/mol. The molecule has 0 saturated carbocycles. The van der Waals surface area contributed by atoms with Crippen molar-refractivity contribution in [2.45, 2.75) is 16.4 Å². The van der Waals surface area contributed by atoms with Crippen molar-refractivity contribution >= 4 is 107 Å². The van der Waals surface area contributed by atoms with E-state index in [0.29, 0.717) is 0 Å².